The molecule has 0 spiro atoms. The Labute approximate surface area is 199 Å². The van der Waals surface area contributed by atoms with Crippen LogP contribution in [0.5, 0.6) is 0 Å². The summed E-state index contributed by atoms with van der Waals surface area (Å²) in [6.07, 6.45) is 7.66. The van der Waals surface area contributed by atoms with Gasteiger partial charge in [-0.3, -0.25) is 4.99 Å². The quantitative estimate of drug-likeness (QED) is 0.235. The number of hydrogen-bond donors (Lipinski definition) is 1. The van der Waals surface area contributed by atoms with Gasteiger partial charge in [-0.1, -0.05) is 30.3 Å². The molecule has 0 fully saturated rings. The number of aromatic nitrogens is 4. The van der Waals surface area contributed by atoms with Crippen LogP contribution < -0.4 is 5.32 Å². The first-order valence-corrected chi connectivity index (χ1v) is 9.82. The Kier molecular flexibility index (Phi) is 7.82. The second-order valence-corrected chi connectivity index (χ2v) is 7.01. The van der Waals surface area contributed by atoms with Crippen molar-refractivity contribution in [3.05, 3.63) is 96.6 Å². The zero-order valence-corrected chi connectivity index (χ0v) is 19.9. The highest BCUT2D eigenvalue weighted by molar-refractivity contribution is 14.0. The monoisotopic (exact) mass is 527 g/mol. The fourth-order valence-corrected chi connectivity index (χ4v) is 3.31. The van der Waals surface area contributed by atoms with Gasteiger partial charge in [0.2, 0.25) is 0 Å². The molecule has 1 N–H and O–H groups in total. The number of aliphatic imine (C=N–C) groups is 1. The van der Waals surface area contributed by atoms with E-state index in [0.717, 1.165) is 28.5 Å². The molecule has 0 bridgehead atoms. The summed E-state index contributed by atoms with van der Waals surface area (Å²) in [6, 6.07) is 20.3. The molecular formula is C23H26IN7. The molecular weight excluding hydrogens is 501 g/mol. The van der Waals surface area contributed by atoms with Gasteiger partial charge in [0.05, 0.1) is 17.6 Å². The van der Waals surface area contributed by atoms with Crippen LogP contribution in [-0.4, -0.2) is 44.5 Å². The number of nitrogens with one attached hydrogen (secondary N) is 1. The van der Waals surface area contributed by atoms with E-state index in [-0.39, 0.29) is 24.0 Å². The van der Waals surface area contributed by atoms with Crippen LogP contribution in [0.15, 0.2) is 90.4 Å². The maximum absolute atomic E-state index is 4.47. The van der Waals surface area contributed by atoms with Gasteiger partial charge >= 0.3 is 0 Å². The first kappa shape index (κ1) is 22.5. The van der Waals surface area contributed by atoms with Crippen LogP contribution in [0.3, 0.4) is 0 Å². The van der Waals surface area contributed by atoms with E-state index in [1.165, 1.54) is 0 Å². The van der Waals surface area contributed by atoms with Gasteiger partial charge in [-0.25, -0.2) is 9.36 Å². The minimum absolute atomic E-state index is 0. The first-order chi connectivity index (χ1) is 14.7. The van der Waals surface area contributed by atoms with Crippen LogP contribution in [0.2, 0.25) is 0 Å². The Bertz CT molecular complexity index is 1100. The summed E-state index contributed by atoms with van der Waals surface area (Å²) in [7, 11) is 3.82. The lowest BCUT2D eigenvalue weighted by atomic mass is 10.2. The molecule has 160 valence electrons. The van der Waals surface area contributed by atoms with Crippen LogP contribution >= 0.6 is 24.0 Å². The summed E-state index contributed by atoms with van der Waals surface area (Å²) in [5.74, 6) is 0.826. The topological polar surface area (TPSA) is 63.3 Å². The highest BCUT2D eigenvalue weighted by Crippen LogP contribution is 2.11. The van der Waals surface area contributed by atoms with E-state index in [0.29, 0.717) is 13.1 Å². The molecule has 7 nitrogen and oxygen atoms in total. The molecule has 31 heavy (non-hydrogen) atoms. The average Bonchev–Trinajstić information content (AvgIpc) is 3.48. The van der Waals surface area contributed by atoms with Gasteiger partial charge in [-0.2, -0.15) is 10.2 Å². The lowest BCUT2D eigenvalue weighted by molar-refractivity contribution is 0.476. The van der Waals surface area contributed by atoms with Crippen molar-refractivity contribution in [3.63, 3.8) is 0 Å². The number of rotatable bonds is 6. The van der Waals surface area contributed by atoms with E-state index in [4.69, 9.17) is 0 Å². The summed E-state index contributed by atoms with van der Waals surface area (Å²) in [5.41, 5.74) is 4.36. The van der Waals surface area contributed by atoms with E-state index in [9.17, 15) is 0 Å². The molecule has 0 aliphatic carbocycles. The molecule has 0 amide bonds. The lowest BCUT2D eigenvalue weighted by Gasteiger charge is -2.21. The van der Waals surface area contributed by atoms with Gasteiger partial charge < -0.3 is 10.2 Å². The first-order valence-electron chi connectivity index (χ1n) is 9.82. The Hall–Kier alpha value is -3.14. The Morgan fingerprint density at radius 2 is 1.77 bits per heavy atom. The molecule has 0 radical (unpaired) electrons. The molecule has 0 aliphatic heterocycles. The van der Waals surface area contributed by atoms with Crippen LogP contribution in [0.25, 0.3) is 11.4 Å². The average molecular weight is 527 g/mol. The molecule has 0 atom stereocenters. The molecule has 2 aromatic carbocycles. The van der Waals surface area contributed by atoms with Crippen molar-refractivity contribution >= 4 is 29.9 Å². The maximum Gasteiger partial charge on any atom is 0.193 e. The maximum atomic E-state index is 4.47. The predicted molar refractivity (Wildman–Crippen MR) is 134 cm³/mol. The third kappa shape index (κ3) is 5.72. The third-order valence-corrected chi connectivity index (χ3v) is 4.78. The fourth-order valence-electron chi connectivity index (χ4n) is 3.31. The summed E-state index contributed by atoms with van der Waals surface area (Å²) >= 11 is 0. The standard InChI is InChI=1S/C23H25N7.HI/c1-24-23(25-15-19-8-6-11-22(14-19)29-13-7-12-26-29)28(2)17-20-16-27-30(18-20)21-9-4-3-5-10-21;/h3-14,16,18H,15,17H2,1-2H3,(H,24,25);1H. The van der Waals surface area contributed by atoms with Crippen molar-refractivity contribution in [1.29, 1.82) is 0 Å². The van der Waals surface area contributed by atoms with Crippen molar-refractivity contribution in [3.8, 4) is 11.4 Å². The van der Waals surface area contributed by atoms with Gasteiger partial charge in [0, 0.05) is 51.3 Å². The number of halogens is 1. The SMILES string of the molecule is CN=C(NCc1cccc(-n2cccn2)c1)N(C)Cc1cnn(-c2ccccc2)c1.I. The van der Waals surface area contributed by atoms with Crippen molar-refractivity contribution in [1.82, 2.24) is 29.8 Å². The summed E-state index contributed by atoms with van der Waals surface area (Å²) < 4.78 is 3.75. The predicted octanol–water partition coefficient (Wildman–Crippen LogP) is 3.88. The largest absolute Gasteiger partial charge is 0.352 e. The van der Waals surface area contributed by atoms with Crippen LogP contribution in [0.4, 0.5) is 0 Å². The van der Waals surface area contributed by atoms with Gasteiger partial charge in [-0.15, -0.1) is 24.0 Å². The van der Waals surface area contributed by atoms with Gasteiger partial charge in [0.1, 0.15) is 0 Å². The fraction of sp³-hybridized carbons (Fsp3) is 0.174. The molecule has 0 saturated carbocycles. The van der Waals surface area contributed by atoms with Crippen molar-refractivity contribution in [2.75, 3.05) is 14.1 Å². The zero-order valence-electron chi connectivity index (χ0n) is 17.6. The number of guanidine groups is 1. The van der Waals surface area contributed by atoms with Crippen LogP contribution in [-0.2, 0) is 13.1 Å². The van der Waals surface area contributed by atoms with Crippen molar-refractivity contribution < 1.29 is 0 Å². The Morgan fingerprint density at radius 1 is 0.968 bits per heavy atom. The molecule has 8 heteroatoms. The molecule has 0 aliphatic rings. The number of hydrogen-bond acceptors (Lipinski definition) is 3. The molecule has 4 aromatic rings. The van der Waals surface area contributed by atoms with E-state index in [1.54, 1.807) is 13.2 Å². The van der Waals surface area contributed by atoms with Crippen LogP contribution in [0, 0.1) is 0 Å². The number of nitrogens with zero attached hydrogens (tertiary/aromatic N) is 6. The molecule has 4 rings (SSSR count). The summed E-state index contributed by atoms with van der Waals surface area (Å²) in [5, 5.41) is 12.2. The van der Waals surface area contributed by atoms with E-state index in [2.05, 4.69) is 37.5 Å². The smallest absolute Gasteiger partial charge is 0.193 e. The van der Waals surface area contributed by atoms with E-state index >= 15 is 0 Å². The highest BCUT2D eigenvalue weighted by atomic mass is 127. The molecule has 0 saturated heterocycles. The lowest BCUT2D eigenvalue weighted by Crippen LogP contribution is -2.38. The second-order valence-electron chi connectivity index (χ2n) is 7.01. The zero-order chi connectivity index (χ0) is 20.8. The summed E-state index contributed by atoms with van der Waals surface area (Å²) in [6.45, 7) is 1.38. The number of para-hydroxylation sites is 1. The summed E-state index contributed by atoms with van der Waals surface area (Å²) in [4.78, 5) is 6.51. The third-order valence-electron chi connectivity index (χ3n) is 4.78. The van der Waals surface area contributed by atoms with E-state index in [1.807, 2.05) is 83.5 Å². The molecule has 0 unspecified atom stereocenters. The molecule has 2 aromatic heterocycles. The Balaban J connectivity index is 0.00000272. The normalized spacial score (nSPS) is 11.1. The van der Waals surface area contributed by atoms with Gasteiger partial charge in [0.25, 0.3) is 0 Å². The molecule has 2 heterocycles. The Morgan fingerprint density at radius 3 is 2.52 bits per heavy atom. The number of benzene rings is 2. The van der Waals surface area contributed by atoms with Crippen LogP contribution in [0.1, 0.15) is 11.1 Å². The second kappa shape index (κ2) is 10.8. The van der Waals surface area contributed by atoms with Gasteiger partial charge in [0.15, 0.2) is 5.96 Å². The minimum Gasteiger partial charge on any atom is -0.352 e. The van der Waals surface area contributed by atoms with Crippen molar-refractivity contribution in [2.24, 2.45) is 4.99 Å². The minimum atomic E-state index is 0. The van der Waals surface area contributed by atoms with Crippen molar-refractivity contribution in [2.45, 2.75) is 13.1 Å². The van der Waals surface area contributed by atoms with Gasteiger partial charge in [-0.05, 0) is 35.9 Å². The van der Waals surface area contributed by atoms with E-state index < -0.39 is 0 Å². The highest BCUT2D eigenvalue weighted by Gasteiger charge is 2.09.